The van der Waals surface area contributed by atoms with Crippen molar-refractivity contribution in [2.45, 2.75) is 6.92 Å². The summed E-state index contributed by atoms with van der Waals surface area (Å²) < 4.78 is 0. The van der Waals surface area contributed by atoms with E-state index in [9.17, 15) is 4.79 Å². The summed E-state index contributed by atoms with van der Waals surface area (Å²) in [6.45, 7) is 1.66. The average molecular weight is 86.1 g/mol. The van der Waals surface area contributed by atoms with Crippen molar-refractivity contribution in [3.63, 3.8) is 0 Å². The van der Waals surface area contributed by atoms with E-state index < -0.39 is 5.97 Å². The first-order valence-corrected chi connectivity index (χ1v) is 1.63. The van der Waals surface area contributed by atoms with Crippen molar-refractivity contribution in [2.75, 3.05) is 0 Å². The van der Waals surface area contributed by atoms with Crippen molar-refractivity contribution < 1.29 is 9.90 Å². The van der Waals surface area contributed by atoms with E-state index in [4.69, 9.17) is 5.11 Å². The molecule has 0 bridgehead atoms. The van der Waals surface area contributed by atoms with Gasteiger partial charge in [-0.1, -0.05) is 6.08 Å². The molecule has 0 aromatic carbocycles. The SMILES string of the molecule is C/C=C\C(=O)O. The van der Waals surface area contributed by atoms with E-state index in [0.29, 0.717) is 0 Å². The normalized spacial score (nSPS) is 9.50. The van der Waals surface area contributed by atoms with Gasteiger partial charge in [0.15, 0.2) is 0 Å². The second-order valence-corrected chi connectivity index (χ2v) is 0.838. The van der Waals surface area contributed by atoms with Gasteiger partial charge in [-0.2, -0.15) is 0 Å². The molecule has 0 atom stereocenters. The third-order valence-corrected chi connectivity index (χ3v) is 0.309. The lowest BCUT2D eigenvalue weighted by Crippen LogP contribution is -1.83. The highest BCUT2D eigenvalue weighted by molar-refractivity contribution is 5.79. The van der Waals surface area contributed by atoms with E-state index >= 15 is 0 Å². The van der Waals surface area contributed by atoms with Crippen LogP contribution < -0.4 is 0 Å². The summed E-state index contributed by atoms with van der Waals surface area (Å²) in [5, 5.41) is 7.83. The van der Waals surface area contributed by atoms with Crippen molar-refractivity contribution in [1.82, 2.24) is 0 Å². The molecule has 34 valence electrons. The fourth-order valence-corrected chi connectivity index (χ4v) is 0.143. The first-order valence-electron chi connectivity index (χ1n) is 1.63. The summed E-state index contributed by atoms with van der Waals surface area (Å²) in [6.07, 6.45) is 2.56. The van der Waals surface area contributed by atoms with Gasteiger partial charge in [0.2, 0.25) is 0 Å². The average Bonchev–Trinajstić information content (AvgIpc) is 1.35. The van der Waals surface area contributed by atoms with E-state index in [1.54, 1.807) is 6.92 Å². The van der Waals surface area contributed by atoms with Gasteiger partial charge in [0, 0.05) is 6.08 Å². The topological polar surface area (TPSA) is 37.3 Å². The summed E-state index contributed by atoms with van der Waals surface area (Å²) in [7, 11) is 0. The van der Waals surface area contributed by atoms with Gasteiger partial charge < -0.3 is 5.11 Å². The zero-order chi connectivity index (χ0) is 4.99. The number of carboxylic acid groups (broad SMARTS) is 1. The van der Waals surface area contributed by atoms with Crippen molar-refractivity contribution in [1.29, 1.82) is 0 Å². The Bertz CT molecular complexity index is 73.6. The zero-order valence-electron chi connectivity index (χ0n) is 3.51. The summed E-state index contributed by atoms with van der Waals surface area (Å²) in [4.78, 5) is 9.51. The predicted octanol–water partition coefficient (Wildman–Crippen LogP) is 0.647. The van der Waals surface area contributed by atoms with Crippen LogP contribution in [0.3, 0.4) is 0 Å². The molecule has 0 aliphatic carbocycles. The van der Waals surface area contributed by atoms with E-state index in [1.165, 1.54) is 6.08 Å². The Hall–Kier alpha value is -0.790. The Labute approximate surface area is 36.1 Å². The Balaban J connectivity index is 3.30. The maximum Gasteiger partial charge on any atom is 0.327 e. The fraction of sp³-hybridized carbons (Fsp3) is 0.250. The number of carboxylic acids is 1. The molecule has 0 aromatic rings. The molecular weight excluding hydrogens is 80.0 g/mol. The molecule has 2 nitrogen and oxygen atoms in total. The van der Waals surface area contributed by atoms with Gasteiger partial charge >= 0.3 is 5.97 Å². The van der Waals surface area contributed by atoms with Crippen LogP contribution in [0, 0.1) is 0 Å². The summed E-state index contributed by atoms with van der Waals surface area (Å²) >= 11 is 0. The van der Waals surface area contributed by atoms with Gasteiger partial charge in [-0.05, 0) is 6.92 Å². The molecular formula is C4H6O2. The molecule has 0 fully saturated rings. The number of aliphatic carboxylic acids is 1. The van der Waals surface area contributed by atoms with E-state index in [2.05, 4.69) is 0 Å². The fourth-order valence-electron chi connectivity index (χ4n) is 0.143. The van der Waals surface area contributed by atoms with Crippen LogP contribution >= 0.6 is 0 Å². The standard InChI is InChI=1S/C4H6O2/c1-2-3-4(5)6/h2-3H,1H3,(H,5,6)/b3-2-. The number of allylic oxidation sites excluding steroid dienone is 1. The molecule has 0 rings (SSSR count). The van der Waals surface area contributed by atoms with Gasteiger partial charge in [0.1, 0.15) is 0 Å². The summed E-state index contributed by atoms with van der Waals surface area (Å²) in [5.74, 6) is -0.891. The monoisotopic (exact) mass is 86.0 g/mol. The molecule has 0 heterocycles. The number of hydrogen-bond donors (Lipinski definition) is 1. The van der Waals surface area contributed by atoms with E-state index in [1.807, 2.05) is 0 Å². The number of hydrogen-bond acceptors (Lipinski definition) is 1. The van der Waals surface area contributed by atoms with Gasteiger partial charge in [-0.15, -0.1) is 0 Å². The molecule has 0 saturated heterocycles. The van der Waals surface area contributed by atoms with Crippen molar-refractivity contribution in [3.8, 4) is 0 Å². The maximum atomic E-state index is 9.51. The summed E-state index contributed by atoms with van der Waals surface area (Å²) in [5.41, 5.74) is 0. The second kappa shape index (κ2) is 2.45. The van der Waals surface area contributed by atoms with E-state index in [0.717, 1.165) is 6.08 Å². The molecule has 0 unspecified atom stereocenters. The van der Waals surface area contributed by atoms with Crippen molar-refractivity contribution in [3.05, 3.63) is 12.2 Å². The lowest BCUT2D eigenvalue weighted by Gasteiger charge is -1.68. The van der Waals surface area contributed by atoms with Gasteiger partial charge in [-0.25, -0.2) is 4.79 Å². The Morgan fingerprint density at radius 2 is 2.33 bits per heavy atom. The van der Waals surface area contributed by atoms with Crippen LogP contribution in [-0.2, 0) is 4.79 Å². The zero-order valence-corrected chi connectivity index (χ0v) is 3.51. The first kappa shape index (κ1) is 5.21. The highest BCUT2D eigenvalue weighted by Gasteiger charge is 1.76. The van der Waals surface area contributed by atoms with Crippen molar-refractivity contribution in [2.24, 2.45) is 0 Å². The lowest BCUT2D eigenvalue weighted by atomic mass is 10.5. The minimum Gasteiger partial charge on any atom is -0.478 e. The third-order valence-electron chi connectivity index (χ3n) is 0.309. The molecule has 1 N–H and O–H groups in total. The molecule has 0 spiro atoms. The molecule has 6 heavy (non-hydrogen) atoms. The smallest absolute Gasteiger partial charge is 0.327 e. The molecule has 0 radical (unpaired) electrons. The summed E-state index contributed by atoms with van der Waals surface area (Å²) in [6, 6.07) is 0. The van der Waals surface area contributed by atoms with Gasteiger partial charge in [0.25, 0.3) is 0 Å². The Morgan fingerprint density at radius 1 is 1.83 bits per heavy atom. The number of carbonyl (C=O) groups is 1. The minimum absolute atomic E-state index is 0.891. The highest BCUT2D eigenvalue weighted by Crippen LogP contribution is 1.65. The third kappa shape index (κ3) is 3.21. The van der Waals surface area contributed by atoms with Gasteiger partial charge in [0.05, 0.1) is 0 Å². The van der Waals surface area contributed by atoms with Crippen LogP contribution in [0.25, 0.3) is 0 Å². The van der Waals surface area contributed by atoms with E-state index in [-0.39, 0.29) is 0 Å². The van der Waals surface area contributed by atoms with Crippen LogP contribution in [0.15, 0.2) is 12.2 Å². The largest absolute Gasteiger partial charge is 0.478 e. The molecule has 0 saturated carbocycles. The molecule has 0 aromatic heterocycles. The predicted molar refractivity (Wildman–Crippen MR) is 22.4 cm³/mol. The first-order chi connectivity index (χ1) is 2.77. The molecule has 0 aliphatic heterocycles. The maximum absolute atomic E-state index is 9.51. The van der Waals surface area contributed by atoms with Crippen LogP contribution in [0.5, 0.6) is 0 Å². The second-order valence-electron chi connectivity index (χ2n) is 0.838. The highest BCUT2D eigenvalue weighted by atomic mass is 16.4. The minimum atomic E-state index is -0.891. The quantitative estimate of drug-likeness (QED) is 0.475. The number of rotatable bonds is 1. The lowest BCUT2D eigenvalue weighted by molar-refractivity contribution is -0.131. The van der Waals surface area contributed by atoms with Crippen LogP contribution in [0.4, 0.5) is 0 Å². The van der Waals surface area contributed by atoms with Crippen molar-refractivity contribution >= 4 is 5.97 Å². The van der Waals surface area contributed by atoms with Crippen LogP contribution in [0.1, 0.15) is 6.92 Å². The molecule has 0 amide bonds. The molecule has 2 heteroatoms. The Morgan fingerprint density at radius 3 is 2.33 bits per heavy atom. The Kier molecular flexibility index (Phi) is 2.13. The molecule has 0 aliphatic rings. The van der Waals surface area contributed by atoms with Crippen LogP contribution in [-0.4, -0.2) is 11.1 Å². The van der Waals surface area contributed by atoms with Gasteiger partial charge in [-0.3, -0.25) is 0 Å². The van der Waals surface area contributed by atoms with Crippen LogP contribution in [0.2, 0.25) is 0 Å².